The second kappa shape index (κ2) is 9.06. The fraction of sp³-hybridized carbons (Fsp3) is 0.333. The predicted octanol–water partition coefficient (Wildman–Crippen LogP) is 4.94. The number of imidazole rings is 1. The average Bonchev–Trinajstić information content (AvgIpc) is 3.20. The molecule has 2 aromatic carbocycles. The molecule has 0 bridgehead atoms. The summed E-state index contributed by atoms with van der Waals surface area (Å²) in [6.45, 7) is 5.37. The molecule has 0 spiro atoms. The Morgan fingerprint density at radius 2 is 2.00 bits per heavy atom. The van der Waals surface area contributed by atoms with Crippen molar-refractivity contribution < 1.29 is 14.3 Å². The van der Waals surface area contributed by atoms with Crippen LogP contribution in [0.4, 0.5) is 0 Å². The number of nitrogens with zero attached hydrogens (tertiary/aromatic N) is 2. The van der Waals surface area contributed by atoms with E-state index in [1.807, 2.05) is 50.5 Å². The van der Waals surface area contributed by atoms with Crippen LogP contribution in [0.2, 0.25) is 0 Å². The second-order valence-corrected chi connectivity index (χ2v) is 8.47. The molecular formula is C24H26N2O3S. The predicted molar refractivity (Wildman–Crippen MR) is 117 cm³/mol. The standard InChI is InChI=1S/C24H26N2O3S/c1-3-29-23(27)24(11-15-28-16-12-24)19-7-6-8-20(17-19)30-22-10-5-4-9-21(22)26-14-13-25-18(26)2/h4-10,13-14,17H,3,11-12,15-16H2,1-2H3. The van der Waals surface area contributed by atoms with Gasteiger partial charge in [-0.3, -0.25) is 4.79 Å². The molecule has 1 aromatic heterocycles. The first-order valence-corrected chi connectivity index (χ1v) is 11.1. The highest BCUT2D eigenvalue weighted by Gasteiger charge is 2.43. The zero-order valence-electron chi connectivity index (χ0n) is 17.3. The van der Waals surface area contributed by atoms with Gasteiger partial charge in [0.2, 0.25) is 0 Å². The van der Waals surface area contributed by atoms with E-state index < -0.39 is 5.41 Å². The van der Waals surface area contributed by atoms with Gasteiger partial charge in [-0.2, -0.15) is 0 Å². The summed E-state index contributed by atoms with van der Waals surface area (Å²) in [5.74, 6) is 0.796. The summed E-state index contributed by atoms with van der Waals surface area (Å²) in [6.07, 6.45) is 5.07. The number of carbonyl (C=O) groups is 1. The summed E-state index contributed by atoms with van der Waals surface area (Å²) >= 11 is 1.69. The number of benzene rings is 2. The first-order valence-electron chi connectivity index (χ1n) is 10.3. The maximum atomic E-state index is 12.9. The van der Waals surface area contributed by atoms with Crippen LogP contribution >= 0.6 is 11.8 Å². The number of para-hydroxylation sites is 1. The highest BCUT2D eigenvalue weighted by molar-refractivity contribution is 7.99. The Labute approximate surface area is 181 Å². The third-order valence-corrected chi connectivity index (χ3v) is 6.63. The monoisotopic (exact) mass is 422 g/mol. The molecule has 0 saturated carbocycles. The Morgan fingerprint density at radius 3 is 2.73 bits per heavy atom. The Morgan fingerprint density at radius 1 is 1.20 bits per heavy atom. The lowest BCUT2D eigenvalue weighted by Crippen LogP contribution is -2.42. The summed E-state index contributed by atoms with van der Waals surface area (Å²) in [7, 11) is 0. The molecule has 2 heterocycles. The first kappa shape index (κ1) is 20.7. The van der Waals surface area contributed by atoms with E-state index >= 15 is 0 Å². The van der Waals surface area contributed by atoms with E-state index in [0.717, 1.165) is 26.9 Å². The zero-order valence-corrected chi connectivity index (χ0v) is 18.2. The minimum Gasteiger partial charge on any atom is -0.465 e. The van der Waals surface area contributed by atoms with Gasteiger partial charge in [-0.15, -0.1) is 0 Å². The van der Waals surface area contributed by atoms with Gasteiger partial charge in [0, 0.05) is 35.4 Å². The van der Waals surface area contributed by atoms with Gasteiger partial charge in [0.05, 0.1) is 17.7 Å². The molecule has 3 aromatic rings. The van der Waals surface area contributed by atoms with E-state index in [1.54, 1.807) is 11.8 Å². The van der Waals surface area contributed by atoms with Gasteiger partial charge in [0.15, 0.2) is 0 Å². The molecule has 1 fully saturated rings. The van der Waals surface area contributed by atoms with Crippen LogP contribution in [0.25, 0.3) is 5.69 Å². The molecule has 0 aliphatic carbocycles. The molecule has 30 heavy (non-hydrogen) atoms. The van der Waals surface area contributed by atoms with Crippen molar-refractivity contribution in [1.82, 2.24) is 9.55 Å². The molecule has 0 amide bonds. The summed E-state index contributed by atoms with van der Waals surface area (Å²) in [6, 6.07) is 16.6. The summed E-state index contributed by atoms with van der Waals surface area (Å²) in [5, 5.41) is 0. The van der Waals surface area contributed by atoms with E-state index in [-0.39, 0.29) is 5.97 Å². The Hall–Kier alpha value is -2.57. The quantitative estimate of drug-likeness (QED) is 0.527. The van der Waals surface area contributed by atoms with Crippen LogP contribution in [0, 0.1) is 6.92 Å². The first-order chi connectivity index (χ1) is 14.6. The van der Waals surface area contributed by atoms with Gasteiger partial charge >= 0.3 is 5.97 Å². The molecule has 5 nitrogen and oxygen atoms in total. The van der Waals surface area contributed by atoms with Crippen LogP contribution in [0.3, 0.4) is 0 Å². The average molecular weight is 423 g/mol. The number of esters is 1. The fourth-order valence-corrected chi connectivity index (χ4v) is 4.96. The number of hydrogen-bond donors (Lipinski definition) is 0. The van der Waals surface area contributed by atoms with Crippen molar-refractivity contribution in [2.24, 2.45) is 0 Å². The number of aryl methyl sites for hydroxylation is 1. The Kier molecular flexibility index (Phi) is 6.25. The van der Waals surface area contributed by atoms with Crippen molar-refractivity contribution in [2.45, 2.75) is 41.9 Å². The highest BCUT2D eigenvalue weighted by Crippen LogP contribution is 2.39. The molecule has 4 rings (SSSR count). The number of carbonyl (C=O) groups excluding carboxylic acids is 1. The lowest BCUT2D eigenvalue weighted by Gasteiger charge is -2.35. The Bertz CT molecular complexity index is 1020. The molecule has 0 atom stereocenters. The van der Waals surface area contributed by atoms with Crippen LogP contribution in [0.5, 0.6) is 0 Å². The van der Waals surface area contributed by atoms with Gasteiger partial charge in [-0.05, 0) is 56.5 Å². The molecule has 0 radical (unpaired) electrons. The molecule has 156 valence electrons. The van der Waals surface area contributed by atoms with Gasteiger partial charge in [0.1, 0.15) is 5.82 Å². The molecular weight excluding hydrogens is 396 g/mol. The summed E-state index contributed by atoms with van der Waals surface area (Å²) in [5.41, 5.74) is 1.46. The third kappa shape index (κ3) is 4.02. The van der Waals surface area contributed by atoms with Crippen LogP contribution in [0.1, 0.15) is 31.2 Å². The molecule has 1 saturated heterocycles. The highest BCUT2D eigenvalue weighted by atomic mass is 32.2. The van der Waals surface area contributed by atoms with E-state index in [1.165, 1.54) is 0 Å². The molecule has 1 aliphatic heterocycles. The largest absolute Gasteiger partial charge is 0.465 e. The second-order valence-electron chi connectivity index (χ2n) is 7.36. The van der Waals surface area contributed by atoms with Crippen LogP contribution in [-0.2, 0) is 19.7 Å². The van der Waals surface area contributed by atoms with Gasteiger partial charge < -0.3 is 14.0 Å². The minimum atomic E-state index is -0.634. The molecule has 0 N–H and O–H groups in total. The zero-order chi connectivity index (χ0) is 21.0. The SMILES string of the molecule is CCOC(=O)C1(c2cccc(Sc3ccccc3-n3ccnc3C)c2)CCOCC1. The van der Waals surface area contributed by atoms with E-state index in [2.05, 4.69) is 33.8 Å². The fourth-order valence-electron chi connectivity index (χ4n) is 3.96. The van der Waals surface area contributed by atoms with Crippen molar-refractivity contribution >= 4 is 17.7 Å². The van der Waals surface area contributed by atoms with Crippen molar-refractivity contribution in [3.63, 3.8) is 0 Å². The summed E-state index contributed by atoms with van der Waals surface area (Å²) in [4.78, 5) is 19.5. The summed E-state index contributed by atoms with van der Waals surface area (Å²) < 4.78 is 13.1. The van der Waals surface area contributed by atoms with Gasteiger partial charge in [-0.1, -0.05) is 36.0 Å². The van der Waals surface area contributed by atoms with Crippen molar-refractivity contribution in [3.05, 3.63) is 72.3 Å². The van der Waals surface area contributed by atoms with Crippen LogP contribution in [0.15, 0.2) is 70.7 Å². The van der Waals surface area contributed by atoms with Crippen LogP contribution < -0.4 is 0 Å². The van der Waals surface area contributed by atoms with E-state index in [0.29, 0.717) is 32.7 Å². The molecule has 1 aliphatic rings. The topological polar surface area (TPSA) is 53.4 Å². The lowest BCUT2D eigenvalue weighted by atomic mass is 9.74. The minimum absolute atomic E-state index is 0.148. The number of ether oxygens (including phenoxy) is 2. The van der Waals surface area contributed by atoms with Gasteiger partial charge in [-0.25, -0.2) is 4.98 Å². The number of rotatable bonds is 6. The van der Waals surface area contributed by atoms with Crippen molar-refractivity contribution in [2.75, 3.05) is 19.8 Å². The van der Waals surface area contributed by atoms with Crippen molar-refractivity contribution in [3.8, 4) is 5.69 Å². The maximum absolute atomic E-state index is 12.9. The van der Waals surface area contributed by atoms with E-state index in [9.17, 15) is 4.79 Å². The third-order valence-electron chi connectivity index (χ3n) is 5.58. The molecule has 6 heteroatoms. The molecule has 0 unspecified atom stereocenters. The Balaban J connectivity index is 1.68. The maximum Gasteiger partial charge on any atom is 0.316 e. The van der Waals surface area contributed by atoms with E-state index in [4.69, 9.17) is 9.47 Å². The smallest absolute Gasteiger partial charge is 0.316 e. The van der Waals surface area contributed by atoms with Crippen molar-refractivity contribution in [1.29, 1.82) is 0 Å². The normalized spacial score (nSPS) is 15.7. The van der Waals surface area contributed by atoms with Gasteiger partial charge in [0.25, 0.3) is 0 Å². The number of hydrogen-bond acceptors (Lipinski definition) is 5. The number of aromatic nitrogens is 2. The van der Waals surface area contributed by atoms with Crippen LogP contribution in [-0.4, -0.2) is 35.3 Å². The lowest BCUT2D eigenvalue weighted by molar-refractivity contribution is -0.154.